The van der Waals surface area contributed by atoms with Gasteiger partial charge in [0.15, 0.2) is 0 Å². The van der Waals surface area contributed by atoms with Gasteiger partial charge in [-0.3, -0.25) is 14.9 Å². The highest BCUT2D eigenvalue weighted by molar-refractivity contribution is 8.01. The Hall–Kier alpha value is -1.56. The molecule has 0 saturated carbocycles. The van der Waals surface area contributed by atoms with Crippen molar-refractivity contribution in [3.05, 3.63) is 39.9 Å². The van der Waals surface area contributed by atoms with Crippen molar-refractivity contribution in [1.82, 2.24) is 0 Å². The van der Waals surface area contributed by atoms with Crippen LogP contribution in [0.15, 0.2) is 24.3 Å². The number of carbonyl (C=O) groups is 1. The van der Waals surface area contributed by atoms with Crippen LogP contribution < -0.4 is 0 Å². The molecule has 0 aliphatic carbocycles. The quantitative estimate of drug-likeness (QED) is 0.634. The van der Waals surface area contributed by atoms with Crippen molar-refractivity contribution in [2.75, 3.05) is 5.75 Å². The number of rotatable bonds is 6. The van der Waals surface area contributed by atoms with Crippen LogP contribution in [0.4, 0.5) is 5.69 Å². The topological polar surface area (TPSA) is 80.4 Å². The number of nitro benzene ring substituents is 1. The van der Waals surface area contributed by atoms with E-state index < -0.39 is 15.6 Å². The highest BCUT2D eigenvalue weighted by atomic mass is 32.2. The predicted molar refractivity (Wildman–Crippen MR) is 71.0 cm³/mol. The molecule has 0 unspecified atom stereocenters. The highest BCUT2D eigenvalue weighted by Gasteiger charge is 2.27. The number of carboxylic acids is 1. The maximum atomic E-state index is 10.9. The van der Waals surface area contributed by atoms with Crippen LogP contribution in [0.1, 0.15) is 19.4 Å². The van der Waals surface area contributed by atoms with E-state index in [4.69, 9.17) is 5.11 Å². The fourth-order valence-electron chi connectivity index (χ4n) is 1.27. The molecule has 0 bridgehead atoms. The molecule has 0 saturated heterocycles. The molecule has 1 rings (SSSR count). The number of carboxylic acid groups (broad SMARTS) is 1. The first-order valence-corrected chi connectivity index (χ1v) is 6.42. The van der Waals surface area contributed by atoms with Gasteiger partial charge in [0.2, 0.25) is 0 Å². The number of hydrogen-bond donors (Lipinski definition) is 1. The molecule has 0 amide bonds. The van der Waals surface area contributed by atoms with Gasteiger partial charge in [0.25, 0.3) is 5.69 Å². The molecule has 98 valence electrons. The normalized spacial score (nSPS) is 11.2. The Morgan fingerprint density at radius 1 is 1.39 bits per heavy atom. The van der Waals surface area contributed by atoms with E-state index in [1.165, 1.54) is 23.9 Å². The molecule has 0 radical (unpaired) electrons. The number of aryl methyl sites for hydroxylation is 1. The van der Waals surface area contributed by atoms with E-state index in [2.05, 4.69) is 0 Å². The molecular formula is C12H15NO4S. The summed E-state index contributed by atoms with van der Waals surface area (Å²) >= 11 is 1.36. The van der Waals surface area contributed by atoms with Crippen LogP contribution in [0.3, 0.4) is 0 Å². The molecule has 1 aromatic carbocycles. The number of thioether (sulfide) groups is 1. The fraction of sp³-hybridized carbons (Fsp3) is 0.417. The highest BCUT2D eigenvalue weighted by Crippen LogP contribution is 2.25. The van der Waals surface area contributed by atoms with E-state index in [1.54, 1.807) is 26.0 Å². The van der Waals surface area contributed by atoms with Crippen molar-refractivity contribution in [1.29, 1.82) is 0 Å². The third-order valence-corrected chi connectivity index (χ3v) is 3.82. The molecular weight excluding hydrogens is 254 g/mol. The molecule has 0 atom stereocenters. The Bertz CT molecular complexity index is 442. The molecule has 1 aromatic rings. The lowest BCUT2D eigenvalue weighted by atomic mass is 10.1. The smallest absolute Gasteiger partial charge is 0.319 e. The first kappa shape index (κ1) is 14.5. The van der Waals surface area contributed by atoms with Gasteiger partial charge in [-0.2, -0.15) is 0 Å². The second kappa shape index (κ2) is 5.86. The molecule has 0 aliphatic heterocycles. The zero-order valence-corrected chi connectivity index (χ0v) is 11.1. The summed E-state index contributed by atoms with van der Waals surface area (Å²) in [6, 6.07) is 6.32. The van der Waals surface area contributed by atoms with E-state index >= 15 is 0 Å². The van der Waals surface area contributed by atoms with Crippen LogP contribution in [0.25, 0.3) is 0 Å². The van der Waals surface area contributed by atoms with Crippen LogP contribution in [-0.4, -0.2) is 26.5 Å². The summed E-state index contributed by atoms with van der Waals surface area (Å²) < 4.78 is -0.805. The summed E-state index contributed by atoms with van der Waals surface area (Å²) in [6.07, 6.45) is 0.694. The van der Waals surface area contributed by atoms with Crippen molar-refractivity contribution in [3.63, 3.8) is 0 Å². The molecule has 6 heteroatoms. The van der Waals surface area contributed by atoms with Gasteiger partial charge in [-0.25, -0.2) is 0 Å². The third kappa shape index (κ3) is 4.03. The lowest BCUT2D eigenvalue weighted by Crippen LogP contribution is -2.27. The molecule has 0 spiro atoms. The summed E-state index contributed by atoms with van der Waals surface area (Å²) in [5, 5.41) is 19.4. The summed E-state index contributed by atoms with van der Waals surface area (Å²) in [4.78, 5) is 20.9. The maximum Gasteiger partial charge on any atom is 0.319 e. The molecule has 5 nitrogen and oxygen atoms in total. The van der Waals surface area contributed by atoms with Crippen molar-refractivity contribution in [2.24, 2.45) is 0 Å². The Balaban J connectivity index is 2.50. The average Bonchev–Trinajstić information content (AvgIpc) is 2.29. The predicted octanol–water partition coefficient (Wildman–Crippen LogP) is 2.73. The van der Waals surface area contributed by atoms with Gasteiger partial charge >= 0.3 is 5.97 Å². The van der Waals surface area contributed by atoms with Gasteiger partial charge in [0.05, 0.1) is 4.92 Å². The Morgan fingerprint density at radius 2 is 1.94 bits per heavy atom. The standard InChI is InChI=1S/C12H15NO4S/c1-12(2,11(14)15)18-8-7-9-3-5-10(6-4-9)13(16)17/h3-6H,7-8H2,1-2H3,(H,14,15). The van der Waals surface area contributed by atoms with E-state index in [1.807, 2.05) is 0 Å². The monoisotopic (exact) mass is 269 g/mol. The van der Waals surface area contributed by atoms with E-state index in [0.29, 0.717) is 12.2 Å². The Morgan fingerprint density at radius 3 is 2.39 bits per heavy atom. The fourth-order valence-corrected chi connectivity index (χ4v) is 2.24. The second-order valence-electron chi connectivity index (χ2n) is 4.34. The molecule has 18 heavy (non-hydrogen) atoms. The van der Waals surface area contributed by atoms with Crippen LogP contribution in [0.2, 0.25) is 0 Å². The maximum absolute atomic E-state index is 10.9. The van der Waals surface area contributed by atoms with Crippen LogP contribution in [-0.2, 0) is 11.2 Å². The van der Waals surface area contributed by atoms with E-state index in [-0.39, 0.29) is 5.69 Å². The second-order valence-corrected chi connectivity index (χ2v) is 6.06. The van der Waals surface area contributed by atoms with Gasteiger partial charge in [0, 0.05) is 12.1 Å². The van der Waals surface area contributed by atoms with E-state index in [9.17, 15) is 14.9 Å². The molecule has 1 N–H and O–H groups in total. The Labute approximate surface area is 109 Å². The van der Waals surface area contributed by atoms with Gasteiger partial charge in [-0.05, 0) is 31.6 Å². The van der Waals surface area contributed by atoms with Crippen molar-refractivity contribution < 1.29 is 14.8 Å². The summed E-state index contributed by atoms with van der Waals surface area (Å²) in [7, 11) is 0. The van der Waals surface area contributed by atoms with Gasteiger partial charge in [-0.15, -0.1) is 11.8 Å². The van der Waals surface area contributed by atoms with Crippen molar-refractivity contribution in [3.8, 4) is 0 Å². The number of nitrogens with zero attached hydrogens (tertiary/aromatic N) is 1. The van der Waals surface area contributed by atoms with Gasteiger partial charge in [-0.1, -0.05) is 12.1 Å². The lowest BCUT2D eigenvalue weighted by Gasteiger charge is -2.18. The molecule has 0 heterocycles. The third-order valence-electron chi connectivity index (χ3n) is 2.52. The van der Waals surface area contributed by atoms with Crippen LogP contribution in [0.5, 0.6) is 0 Å². The van der Waals surface area contributed by atoms with Crippen molar-refractivity contribution >= 4 is 23.4 Å². The van der Waals surface area contributed by atoms with Gasteiger partial charge < -0.3 is 5.11 Å². The zero-order chi connectivity index (χ0) is 13.8. The largest absolute Gasteiger partial charge is 0.480 e. The average molecular weight is 269 g/mol. The van der Waals surface area contributed by atoms with Crippen molar-refractivity contribution in [2.45, 2.75) is 25.0 Å². The minimum atomic E-state index is -0.837. The minimum absolute atomic E-state index is 0.0669. The zero-order valence-electron chi connectivity index (χ0n) is 10.3. The first-order valence-electron chi connectivity index (χ1n) is 5.43. The van der Waals surface area contributed by atoms with E-state index in [0.717, 1.165) is 5.56 Å². The summed E-state index contributed by atoms with van der Waals surface area (Å²) in [5.74, 6) is -0.173. The number of nitro groups is 1. The summed E-state index contributed by atoms with van der Waals surface area (Å²) in [6.45, 7) is 3.33. The minimum Gasteiger partial charge on any atom is -0.480 e. The number of non-ortho nitro benzene ring substituents is 1. The number of hydrogen-bond acceptors (Lipinski definition) is 4. The van der Waals surface area contributed by atoms with Crippen LogP contribution in [0, 0.1) is 10.1 Å². The van der Waals surface area contributed by atoms with Gasteiger partial charge in [0.1, 0.15) is 4.75 Å². The molecule has 0 aromatic heterocycles. The molecule has 0 aliphatic rings. The lowest BCUT2D eigenvalue weighted by molar-refractivity contribution is -0.384. The van der Waals surface area contributed by atoms with Crippen LogP contribution >= 0.6 is 11.8 Å². The summed E-state index contributed by atoms with van der Waals surface area (Å²) in [5.41, 5.74) is 1.03. The first-order chi connectivity index (χ1) is 8.33. The molecule has 0 fully saturated rings. The SMILES string of the molecule is CC(C)(SCCc1ccc([N+](=O)[O-])cc1)C(=O)O. The number of benzene rings is 1. The Kier molecular flexibility index (Phi) is 4.72. The number of aliphatic carboxylic acids is 1.